The highest BCUT2D eigenvalue weighted by Gasteiger charge is 2.67. The van der Waals surface area contributed by atoms with Crippen LogP contribution in [0.2, 0.25) is 0 Å². The molecule has 1 spiro atoms. The molecule has 4 atom stereocenters. The summed E-state index contributed by atoms with van der Waals surface area (Å²) in [5.74, 6) is 1.57. The maximum Gasteiger partial charge on any atom is 0.230 e. The van der Waals surface area contributed by atoms with E-state index in [1.165, 1.54) is 0 Å². The molecule has 4 heterocycles. The van der Waals surface area contributed by atoms with Crippen LogP contribution in [0, 0.1) is 11.8 Å². The molecule has 132 valence electrons. The standard InChI is InChI=1S/C18H26N2O3S/c1-3-12(4-2)20-11-18-6-5-13(23-18)14(15(18)17(20)22)16(21)19-7-9-24-10-8-19/h5-6,12-15H,3-4,7-11H2,1-2H3/t13-,14?,15?,18-/m1/s1. The first-order valence-electron chi connectivity index (χ1n) is 9.15. The normalized spacial score (nSPS) is 37.6. The lowest BCUT2D eigenvalue weighted by molar-refractivity contribution is -0.143. The maximum atomic E-state index is 13.2. The Bertz CT molecular complexity index is 571. The van der Waals surface area contributed by atoms with E-state index in [1.807, 2.05) is 27.6 Å². The summed E-state index contributed by atoms with van der Waals surface area (Å²) in [6.45, 7) is 6.43. The molecule has 0 N–H and O–H groups in total. The average molecular weight is 350 g/mol. The Hall–Kier alpha value is -1.01. The van der Waals surface area contributed by atoms with Gasteiger partial charge >= 0.3 is 0 Å². The molecular formula is C18H26N2O3S. The zero-order valence-corrected chi connectivity index (χ0v) is 15.3. The number of fused-ring (bicyclic) bond motifs is 1. The SMILES string of the molecule is CCC(CC)N1C[C@@]23C=C[C@@H](O2)C(C(=O)N2CCSCC2)C3C1=O. The summed E-state index contributed by atoms with van der Waals surface area (Å²) in [6.07, 6.45) is 5.74. The minimum atomic E-state index is -0.560. The largest absolute Gasteiger partial charge is 0.360 e. The van der Waals surface area contributed by atoms with Crippen LogP contribution in [0.3, 0.4) is 0 Å². The molecule has 2 bridgehead atoms. The van der Waals surface area contributed by atoms with Crippen molar-refractivity contribution < 1.29 is 14.3 Å². The van der Waals surface area contributed by atoms with Crippen molar-refractivity contribution in [2.75, 3.05) is 31.1 Å². The second-order valence-corrected chi connectivity index (χ2v) is 8.50. The number of ether oxygens (including phenoxy) is 1. The van der Waals surface area contributed by atoms with Crippen LogP contribution >= 0.6 is 11.8 Å². The summed E-state index contributed by atoms with van der Waals surface area (Å²) >= 11 is 1.89. The third kappa shape index (κ3) is 2.25. The average Bonchev–Trinajstić information content (AvgIpc) is 3.25. The molecule has 0 saturated carbocycles. The number of thioether (sulfide) groups is 1. The molecule has 24 heavy (non-hydrogen) atoms. The summed E-state index contributed by atoms with van der Waals surface area (Å²) in [5.41, 5.74) is -0.560. The number of rotatable bonds is 4. The highest BCUT2D eigenvalue weighted by atomic mass is 32.2. The summed E-state index contributed by atoms with van der Waals surface area (Å²) in [4.78, 5) is 30.2. The second kappa shape index (κ2) is 6.06. The summed E-state index contributed by atoms with van der Waals surface area (Å²) < 4.78 is 6.22. The Labute approximate surface area is 147 Å². The van der Waals surface area contributed by atoms with Gasteiger partial charge in [0.05, 0.1) is 24.5 Å². The molecule has 0 aliphatic carbocycles. The van der Waals surface area contributed by atoms with Gasteiger partial charge in [-0.1, -0.05) is 26.0 Å². The smallest absolute Gasteiger partial charge is 0.230 e. The van der Waals surface area contributed by atoms with Crippen molar-refractivity contribution in [2.24, 2.45) is 11.8 Å². The Kier molecular flexibility index (Phi) is 4.15. The van der Waals surface area contributed by atoms with Gasteiger partial charge in [-0.15, -0.1) is 0 Å². The number of carbonyl (C=O) groups excluding carboxylic acids is 2. The zero-order chi connectivity index (χ0) is 16.9. The van der Waals surface area contributed by atoms with Gasteiger partial charge in [0.2, 0.25) is 11.8 Å². The fourth-order valence-electron chi connectivity index (χ4n) is 4.84. The molecule has 0 aromatic carbocycles. The molecule has 5 nitrogen and oxygen atoms in total. The van der Waals surface area contributed by atoms with Gasteiger partial charge in [0.15, 0.2) is 0 Å². The molecule has 3 fully saturated rings. The van der Waals surface area contributed by atoms with Crippen LogP contribution in [0.15, 0.2) is 12.2 Å². The summed E-state index contributed by atoms with van der Waals surface area (Å²) in [7, 11) is 0. The quantitative estimate of drug-likeness (QED) is 0.722. The molecule has 2 unspecified atom stereocenters. The molecule has 0 aromatic heterocycles. The molecule has 4 aliphatic rings. The Balaban J connectivity index is 1.61. The van der Waals surface area contributed by atoms with Gasteiger partial charge in [-0.05, 0) is 12.8 Å². The van der Waals surface area contributed by atoms with E-state index in [4.69, 9.17) is 4.74 Å². The van der Waals surface area contributed by atoms with Crippen molar-refractivity contribution >= 4 is 23.6 Å². The third-order valence-electron chi connectivity index (χ3n) is 6.12. The van der Waals surface area contributed by atoms with Crippen LogP contribution in [0.4, 0.5) is 0 Å². The highest BCUT2D eigenvalue weighted by Crippen LogP contribution is 2.53. The molecule has 0 radical (unpaired) electrons. The molecule has 2 amide bonds. The van der Waals surface area contributed by atoms with Crippen molar-refractivity contribution in [1.82, 2.24) is 9.80 Å². The van der Waals surface area contributed by atoms with Crippen molar-refractivity contribution in [3.05, 3.63) is 12.2 Å². The van der Waals surface area contributed by atoms with E-state index in [2.05, 4.69) is 19.9 Å². The molecule has 0 aromatic rings. The van der Waals surface area contributed by atoms with E-state index >= 15 is 0 Å². The minimum absolute atomic E-state index is 0.122. The number of likely N-dealkylation sites (tertiary alicyclic amines) is 1. The maximum absolute atomic E-state index is 13.2. The number of hydrogen-bond donors (Lipinski definition) is 0. The first-order valence-corrected chi connectivity index (χ1v) is 10.3. The summed E-state index contributed by atoms with van der Waals surface area (Å²) in [5, 5.41) is 0. The van der Waals surface area contributed by atoms with E-state index in [1.54, 1.807) is 0 Å². The number of hydrogen-bond acceptors (Lipinski definition) is 4. The molecule has 4 aliphatic heterocycles. The van der Waals surface area contributed by atoms with Crippen LogP contribution < -0.4 is 0 Å². The van der Waals surface area contributed by atoms with Crippen molar-refractivity contribution in [1.29, 1.82) is 0 Å². The lowest BCUT2D eigenvalue weighted by Crippen LogP contribution is -2.48. The van der Waals surface area contributed by atoms with Gasteiger partial charge < -0.3 is 14.5 Å². The number of amides is 2. The molecular weight excluding hydrogens is 324 g/mol. The van der Waals surface area contributed by atoms with Crippen molar-refractivity contribution in [2.45, 2.75) is 44.4 Å². The lowest BCUT2D eigenvalue weighted by atomic mass is 9.76. The predicted octanol–water partition coefficient (Wildman–Crippen LogP) is 1.53. The van der Waals surface area contributed by atoms with Crippen molar-refractivity contribution in [3.63, 3.8) is 0 Å². The highest BCUT2D eigenvalue weighted by molar-refractivity contribution is 7.99. The zero-order valence-electron chi connectivity index (χ0n) is 14.4. The molecule has 4 rings (SSSR count). The Morgan fingerprint density at radius 1 is 1.38 bits per heavy atom. The fourth-order valence-corrected chi connectivity index (χ4v) is 5.75. The number of nitrogens with zero attached hydrogens (tertiary/aromatic N) is 2. The summed E-state index contributed by atoms with van der Waals surface area (Å²) in [6, 6.07) is 0.246. The van der Waals surface area contributed by atoms with Crippen LogP contribution in [0.5, 0.6) is 0 Å². The monoisotopic (exact) mass is 350 g/mol. The van der Waals surface area contributed by atoms with Gasteiger partial charge in [-0.2, -0.15) is 11.8 Å². The van der Waals surface area contributed by atoms with E-state index in [-0.39, 0.29) is 35.8 Å². The van der Waals surface area contributed by atoms with E-state index < -0.39 is 5.60 Å². The van der Waals surface area contributed by atoms with Gasteiger partial charge in [0.25, 0.3) is 0 Å². The minimum Gasteiger partial charge on any atom is -0.360 e. The number of carbonyl (C=O) groups is 2. The van der Waals surface area contributed by atoms with Gasteiger partial charge in [0.1, 0.15) is 5.60 Å². The van der Waals surface area contributed by atoms with E-state index in [9.17, 15) is 9.59 Å². The third-order valence-corrected chi connectivity index (χ3v) is 7.06. The van der Waals surface area contributed by atoms with Crippen molar-refractivity contribution in [3.8, 4) is 0 Å². The van der Waals surface area contributed by atoms with Crippen LogP contribution in [-0.2, 0) is 14.3 Å². The van der Waals surface area contributed by atoms with E-state index in [0.717, 1.165) is 37.4 Å². The lowest BCUT2D eigenvalue weighted by Gasteiger charge is -2.32. The van der Waals surface area contributed by atoms with Gasteiger partial charge in [-0.25, -0.2) is 0 Å². The van der Waals surface area contributed by atoms with E-state index in [0.29, 0.717) is 6.54 Å². The molecule has 3 saturated heterocycles. The first kappa shape index (κ1) is 16.5. The Morgan fingerprint density at radius 3 is 2.75 bits per heavy atom. The van der Waals surface area contributed by atoms with Gasteiger partial charge in [-0.3, -0.25) is 9.59 Å². The predicted molar refractivity (Wildman–Crippen MR) is 93.7 cm³/mol. The fraction of sp³-hybridized carbons (Fsp3) is 0.778. The molecule has 6 heteroatoms. The van der Waals surface area contributed by atoms with Crippen LogP contribution in [-0.4, -0.2) is 70.5 Å². The first-order chi connectivity index (χ1) is 11.6. The van der Waals surface area contributed by atoms with Crippen LogP contribution in [0.25, 0.3) is 0 Å². The second-order valence-electron chi connectivity index (χ2n) is 7.27. The Morgan fingerprint density at radius 2 is 2.08 bits per heavy atom. The van der Waals surface area contributed by atoms with Crippen LogP contribution in [0.1, 0.15) is 26.7 Å². The van der Waals surface area contributed by atoms with Gasteiger partial charge in [0, 0.05) is 30.6 Å². The topological polar surface area (TPSA) is 49.9 Å².